The van der Waals surface area contributed by atoms with Crippen LogP contribution in [0.3, 0.4) is 0 Å². The SMILES string of the molecule is COCOc1cc(N(C)C(=O)OC(C)(C)C)cc2c1C(=O)O[C@@H](C)[C@H](C)/C=C(/F)C(OC(=O)c1ccccc1)C1OC(C)(C)OC1CC=C2. The van der Waals surface area contributed by atoms with Crippen molar-refractivity contribution in [3.63, 3.8) is 0 Å². The number of ether oxygens (including phenoxy) is 7. The molecule has 1 saturated heterocycles. The molecule has 2 aromatic carbocycles. The summed E-state index contributed by atoms with van der Waals surface area (Å²) in [7, 11) is 2.98. The Labute approximate surface area is 286 Å². The second-order valence-corrected chi connectivity index (χ2v) is 13.5. The van der Waals surface area contributed by atoms with Crippen LogP contribution in [-0.4, -0.2) is 74.8 Å². The van der Waals surface area contributed by atoms with Gasteiger partial charge < -0.3 is 33.2 Å². The summed E-state index contributed by atoms with van der Waals surface area (Å²) in [5.41, 5.74) is 0.306. The van der Waals surface area contributed by atoms with Crippen molar-refractivity contribution >= 4 is 29.8 Å². The summed E-state index contributed by atoms with van der Waals surface area (Å²) in [6, 6.07) is 11.4. The Bertz CT molecular complexity index is 1560. The van der Waals surface area contributed by atoms with Crippen LogP contribution in [0.5, 0.6) is 5.75 Å². The number of hydrogen-bond acceptors (Lipinski definition) is 10. The predicted molar refractivity (Wildman–Crippen MR) is 180 cm³/mol. The molecule has 2 aliphatic rings. The van der Waals surface area contributed by atoms with E-state index in [1.165, 1.54) is 24.2 Å². The highest BCUT2D eigenvalue weighted by atomic mass is 19.1. The van der Waals surface area contributed by atoms with E-state index in [0.29, 0.717) is 11.3 Å². The molecule has 1 fully saturated rings. The number of carbonyl (C=O) groups excluding carboxylic acids is 3. The molecule has 0 radical (unpaired) electrons. The normalized spacial score (nSPS) is 25.1. The maximum Gasteiger partial charge on any atom is 0.414 e. The maximum atomic E-state index is 16.2. The van der Waals surface area contributed by atoms with Crippen LogP contribution in [0, 0.1) is 5.92 Å². The second-order valence-electron chi connectivity index (χ2n) is 13.5. The van der Waals surface area contributed by atoms with Crippen molar-refractivity contribution in [3.8, 4) is 5.75 Å². The van der Waals surface area contributed by atoms with Gasteiger partial charge in [0.25, 0.3) is 0 Å². The lowest BCUT2D eigenvalue weighted by Gasteiger charge is -2.27. The number of carbonyl (C=O) groups is 3. The monoisotopic (exact) mass is 683 g/mol. The van der Waals surface area contributed by atoms with Crippen LogP contribution < -0.4 is 9.64 Å². The quantitative estimate of drug-likeness (QED) is 0.175. The van der Waals surface area contributed by atoms with Gasteiger partial charge in [-0.1, -0.05) is 37.3 Å². The van der Waals surface area contributed by atoms with E-state index >= 15 is 4.39 Å². The van der Waals surface area contributed by atoms with Crippen molar-refractivity contribution in [2.75, 3.05) is 25.9 Å². The number of hydrogen-bond donors (Lipinski definition) is 0. The molecule has 1 amide bonds. The van der Waals surface area contributed by atoms with Crippen LogP contribution in [0.4, 0.5) is 14.9 Å². The molecular weight excluding hydrogens is 637 g/mol. The average molecular weight is 684 g/mol. The Morgan fingerprint density at radius 1 is 1.08 bits per heavy atom. The zero-order valence-corrected chi connectivity index (χ0v) is 29.5. The zero-order valence-electron chi connectivity index (χ0n) is 29.5. The van der Waals surface area contributed by atoms with E-state index in [1.807, 2.05) is 0 Å². The number of methoxy groups -OCH3 is 1. The first-order chi connectivity index (χ1) is 23.0. The number of benzene rings is 2. The van der Waals surface area contributed by atoms with Crippen molar-refractivity contribution in [1.29, 1.82) is 0 Å². The summed E-state index contributed by atoms with van der Waals surface area (Å²) in [6.45, 7) is 11.8. The number of amides is 1. The molecule has 11 nitrogen and oxygen atoms in total. The molecule has 4 rings (SSSR count). The van der Waals surface area contributed by atoms with Crippen molar-refractivity contribution in [2.45, 2.75) is 90.7 Å². The van der Waals surface area contributed by atoms with Crippen molar-refractivity contribution in [2.24, 2.45) is 5.92 Å². The Balaban J connectivity index is 1.81. The highest BCUT2D eigenvalue weighted by Crippen LogP contribution is 2.38. The molecule has 2 heterocycles. The standard InChI is InChI=1S/C37H46FNO10/c1-22-18-27(38)31(46-33(40)24-14-11-10-12-15-24)32-28(47-37(6,7)48-32)17-13-16-25-19-26(39(8)35(42)49-36(3,4)5)20-29(44-21-43-9)30(25)34(41)45-23(22)2/h10-16,18-20,22-23,28,31-32H,17,21H2,1-9H3/b16-13?,27-18+/t22-,23+,28?,31?,32?/m1/s1. The van der Waals surface area contributed by atoms with Gasteiger partial charge in [-0.3, -0.25) is 4.90 Å². The Morgan fingerprint density at radius 2 is 1.78 bits per heavy atom. The fraction of sp³-hybridized carbons (Fsp3) is 0.486. The van der Waals surface area contributed by atoms with Crippen LogP contribution in [0.1, 0.15) is 81.2 Å². The average Bonchev–Trinajstić information content (AvgIpc) is 3.34. The minimum atomic E-state index is -1.46. The molecule has 0 N–H and O–H groups in total. The number of rotatable bonds is 6. The summed E-state index contributed by atoms with van der Waals surface area (Å²) in [4.78, 5) is 41.3. The maximum absolute atomic E-state index is 16.2. The van der Waals surface area contributed by atoms with Crippen LogP contribution in [0.25, 0.3) is 6.08 Å². The Morgan fingerprint density at radius 3 is 2.43 bits per heavy atom. The molecule has 2 aliphatic heterocycles. The Kier molecular flexibility index (Phi) is 11.9. The Hall–Kier alpha value is -4.26. The van der Waals surface area contributed by atoms with Gasteiger partial charge in [0.2, 0.25) is 0 Å². The number of halogens is 1. The molecule has 266 valence electrons. The van der Waals surface area contributed by atoms with Gasteiger partial charge in [0.15, 0.2) is 18.7 Å². The third kappa shape index (κ3) is 9.68. The first kappa shape index (κ1) is 37.6. The van der Waals surface area contributed by atoms with Gasteiger partial charge >= 0.3 is 18.0 Å². The second kappa shape index (κ2) is 15.5. The van der Waals surface area contributed by atoms with Crippen LogP contribution >= 0.6 is 0 Å². The van der Waals surface area contributed by atoms with E-state index in [9.17, 15) is 14.4 Å². The minimum absolute atomic E-state index is 0.0744. The van der Waals surface area contributed by atoms with Gasteiger partial charge in [0, 0.05) is 26.1 Å². The highest BCUT2D eigenvalue weighted by molar-refractivity contribution is 5.99. The molecule has 49 heavy (non-hydrogen) atoms. The van der Waals surface area contributed by atoms with Gasteiger partial charge in [-0.05, 0) is 77.8 Å². The van der Waals surface area contributed by atoms with E-state index in [2.05, 4.69) is 0 Å². The van der Waals surface area contributed by atoms with Gasteiger partial charge in [-0.15, -0.1) is 0 Å². The van der Waals surface area contributed by atoms with Gasteiger partial charge in [-0.25, -0.2) is 18.8 Å². The molecule has 2 aromatic rings. The topological polar surface area (TPSA) is 119 Å². The van der Waals surface area contributed by atoms with Gasteiger partial charge in [0.05, 0.1) is 17.4 Å². The molecule has 0 saturated carbocycles. The minimum Gasteiger partial charge on any atom is -0.467 e. The number of esters is 2. The van der Waals surface area contributed by atoms with E-state index in [0.717, 1.165) is 0 Å². The smallest absolute Gasteiger partial charge is 0.414 e. The first-order valence-electron chi connectivity index (χ1n) is 16.1. The number of anilines is 1. The third-order valence-electron chi connectivity index (χ3n) is 7.86. The van der Waals surface area contributed by atoms with Crippen molar-refractivity contribution in [1.82, 2.24) is 0 Å². The molecule has 5 atom stereocenters. The van der Waals surface area contributed by atoms with E-state index in [-0.39, 0.29) is 30.1 Å². The summed E-state index contributed by atoms with van der Waals surface area (Å²) in [6.07, 6.45) is 0.104. The fourth-order valence-electron chi connectivity index (χ4n) is 5.32. The number of fused-ring (bicyclic) bond motifs is 2. The van der Waals surface area contributed by atoms with E-state index in [4.69, 9.17) is 33.2 Å². The lowest BCUT2D eigenvalue weighted by Crippen LogP contribution is -2.39. The summed E-state index contributed by atoms with van der Waals surface area (Å²) < 4.78 is 56.7. The molecule has 0 bridgehead atoms. The van der Waals surface area contributed by atoms with Crippen molar-refractivity contribution in [3.05, 3.63) is 77.1 Å². The lowest BCUT2D eigenvalue weighted by molar-refractivity contribution is -0.154. The van der Waals surface area contributed by atoms with Crippen LogP contribution in [0.15, 0.2) is 60.4 Å². The molecule has 0 spiro atoms. The molecule has 12 heteroatoms. The largest absolute Gasteiger partial charge is 0.467 e. The van der Waals surface area contributed by atoms with Crippen molar-refractivity contribution < 1.29 is 51.9 Å². The predicted octanol–water partition coefficient (Wildman–Crippen LogP) is 7.24. The highest BCUT2D eigenvalue weighted by Gasteiger charge is 2.48. The molecule has 0 aliphatic carbocycles. The summed E-state index contributed by atoms with van der Waals surface area (Å²) in [5.74, 6) is -3.94. The van der Waals surface area contributed by atoms with Crippen LogP contribution in [-0.2, 0) is 28.4 Å². The first-order valence-corrected chi connectivity index (χ1v) is 16.1. The summed E-state index contributed by atoms with van der Waals surface area (Å²) >= 11 is 0. The van der Waals surface area contributed by atoms with E-state index in [1.54, 1.807) is 104 Å². The van der Waals surface area contributed by atoms with E-state index < -0.39 is 65.6 Å². The summed E-state index contributed by atoms with van der Waals surface area (Å²) in [5, 5.41) is 0. The third-order valence-corrected chi connectivity index (χ3v) is 7.86. The number of nitrogens with zero attached hydrogens (tertiary/aromatic N) is 1. The molecule has 0 aromatic heterocycles. The fourth-order valence-corrected chi connectivity index (χ4v) is 5.32. The molecular formula is C37H46FNO10. The number of cyclic esters (lactones) is 1. The molecule has 3 unspecified atom stereocenters. The van der Waals surface area contributed by atoms with Gasteiger partial charge in [0.1, 0.15) is 34.9 Å². The zero-order chi connectivity index (χ0) is 36.1. The van der Waals surface area contributed by atoms with Crippen LogP contribution in [0.2, 0.25) is 0 Å². The lowest BCUT2D eigenvalue weighted by atomic mass is 9.97. The van der Waals surface area contributed by atoms with Gasteiger partial charge in [-0.2, -0.15) is 0 Å².